The number of hydrogen-bond acceptors (Lipinski definition) is 21. The Morgan fingerprint density at radius 3 is 1.38 bits per heavy atom. The lowest BCUT2D eigenvalue weighted by atomic mass is 9.97. The van der Waals surface area contributed by atoms with Crippen LogP contribution in [0.2, 0.25) is 0 Å². The van der Waals surface area contributed by atoms with Crippen molar-refractivity contribution < 1.29 is 99.2 Å². The molecule has 0 spiro atoms. The highest BCUT2D eigenvalue weighted by Crippen LogP contribution is 2.53. The monoisotopic (exact) mass is 1500 g/mol. The van der Waals surface area contributed by atoms with E-state index in [0.29, 0.717) is 25.7 Å². The van der Waals surface area contributed by atoms with Gasteiger partial charge in [-0.2, -0.15) is 0 Å². The Balaban J connectivity index is 2.71. The van der Waals surface area contributed by atoms with Crippen LogP contribution in [0, 0.1) is 0 Å². The number of aliphatic hydroxyl groups is 1. The Morgan fingerprint density at radius 2 is 0.865 bits per heavy atom. The molecule has 2 aliphatic heterocycles. The molecular formula is C82H147O21P. The van der Waals surface area contributed by atoms with Crippen molar-refractivity contribution in [3.63, 3.8) is 0 Å². The Hall–Kier alpha value is -3.54. The van der Waals surface area contributed by atoms with Gasteiger partial charge in [-0.25, -0.2) is 14.2 Å². The molecule has 606 valence electrons. The summed E-state index contributed by atoms with van der Waals surface area (Å²) in [6.45, 7) is 22.6. The van der Waals surface area contributed by atoms with Crippen molar-refractivity contribution in [1.29, 1.82) is 0 Å². The summed E-state index contributed by atoms with van der Waals surface area (Å²) in [6, 6.07) is 0. The maximum atomic E-state index is 14.8. The summed E-state index contributed by atoms with van der Waals surface area (Å²) < 4.78 is 114. The van der Waals surface area contributed by atoms with Gasteiger partial charge in [0.05, 0.1) is 39.1 Å². The number of phosphoric ester groups is 1. The second kappa shape index (κ2) is 66.4. The summed E-state index contributed by atoms with van der Waals surface area (Å²) >= 11 is 0. The van der Waals surface area contributed by atoms with Gasteiger partial charge in [0.1, 0.15) is 55.9 Å². The van der Waals surface area contributed by atoms with Gasteiger partial charge < -0.3 is 66.7 Å². The van der Waals surface area contributed by atoms with E-state index in [0.717, 1.165) is 141 Å². The molecule has 21 nitrogen and oxygen atoms in total. The lowest BCUT2D eigenvalue weighted by Crippen LogP contribution is -2.64. The largest absolute Gasteiger partial charge is 0.509 e. The predicted octanol–water partition coefficient (Wildman–Crippen LogP) is 20.5. The van der Waals surface area contributed by atoms with E-state index in [1.165, 1.54) is 121 Å². The molecule has 0 saturated carbocycles. The lowest BCUT2D eigenvalue weighted by molar-refractivity contribution is -0.335. The van der Waals surface area contributed by atoms with Gasteiger partial charge in [-0.1, -0.05) is 270 Å². The third kappa shape index (κ3) is 46.7. The van der Waals surface area contributed by atoms with E-state index in [2.05, 4.69) is 66.2 Å². The number of carbonyl (C=O) groups is 3. The molecule has 0 aromatic carbocycles. The first-order chi connectivity index (χ1) is 50.8. The molecule has 0 bridgehead atoms. The molecule has 104 heavy (non-hydrogen) atoms. The first-order valence-corrected chi connectivity index (χ1v) is 42.3. The van der Waals surface area contributed by atoms with Gasteiger partial charge >= 0.3 is 26.1 Å². The summed E-state index contributed by atoms with van der Waals surface area (Å²) in [5, 5.41) is 12.3. The van der Waals surface area contributed by atoms with Crippen LogP contribution in [0.15, 0.2) is 62.8 Å². The normalized spacial score (nSPS) is 21.1. The van der Waals surface area contributed by atoms with E-state index in [1.54, 1.807) is 7.11 Å². The molecule has 12 atom stereocenters. The topological polar surface area (TPSA) is 236 Å². The van der Waals surface area contributed by atoms with Crippen molar-refractivity contribution >= 4 is 26.1 Å². The Bertz CT molecular complexity index is 2170. The highest BCUT2D eigenvalue weighted by atomic mass is 31.2. The number of aliphatic hydroxyl groups excluding tert-OH is 1. The number of rotatable bonds is 72. The minimum absolute atomic E-state index is 0.0190. The van der Waals surface area contributed by atoms with Gasteiger partial charge in [0.15, 0.2) is 24.8 Å². The summed E-state index contributed by atoms with van der Waals surface area (Å²) in [4.78, 5) is 41.3. The zero-order valence-electron chi connectivity index (χ0n) is 65.8. The molecule has 0 radical (unpaired) electrons. The van der Waals surface area contributed by atoms with Crippen LogP contribution in [0.5, 0.6) is 0 Å². The van der Waals surface area contributed by atoms with Gasteiger partial charge in [-0.15, -0.1) is 13.2 Å². The van der Waals surface area contributed by atoms with E-state index in [9.17, 15) is 24.1 Å². The van der Waals surface area contributed by atoms with E-state index in [-0.39, 0.29) is 71.8 Å². The first kappa shape index (κ1) is 96.5. The van der Waals surface area contributed by atoms with Crippen molar-refractivity contribution in [1.82, 2.24) is 0 Å². The number of unbranched alkanes of at least 4 members (excludes halogenated alkanes) is 32. The number of hydrogen-bond donors (Lipinski definition) is 1. The third-order valence-corrected chi connectivity index (χ3v) is 20.3. The van der Waals surface area contributed by atoms with Crippen molar-refractivity contribution in [2.45, 2.75) is 371 Å². The molecule has 2 aliphatic rings. The van der Waals surface area contributed by atoms with Crippen LogP contribution in [0.3, 0.4) is 0 Å². The molecular weight excluding hydrogens is 1350 g/mol. The van der Waals surface area contributed by atoms with Gasteiger partial charge in [0.2, 0.25) is 0 Å². The maximum absolute atomic E-state index is 14.8. The van der Waals surface area contributed by atoms with Crippen LogP contribution < -0.4 is 0 Å². The number of esters is 1. The van der Waals surface area contributed by atoms with Crippen molar-refractivity contribution in [2.75, 3.05) is 73.7 Å². The smallest absolute Gasteiger partial charge is 0.454 e. The number of allylic oxidation sites excluding steroid dienone is 2. The molecule has 1 unspecified atom stereocenters. The average Bonchev–Trinajstić information content (AvgIpc) is 0.780. The highest BCUT2D eigenvalue weighted by Gasteiger charge is 2.55. The zero-order valence-corrected chi connectivity index (χ0v) is 66.7. The fourth-order valence-electron chi connectivity index (χ4n) is 12.9. The fraction of sp³-hybridized carbons (Fsp3) is 0.841. The minimum Gasteiger partial charge on any atom is -0.454 e. The van der Waals surface area contributed by atoms with Crippen molar-refractivity contribution in [3.05, 3.63) is 62.8 Å². The standard InChI is InChI=1S/C82H147O21P/c1-11-19-23-27-30-33-35-36-37-38-39-41-44-48-52-56-72(83)101-78-76(91-64-57-68(89-10)54-50-46-26-22-14-4)74(103-104(87,96-61-17-7)97-62-18-8)70(66-88-9)100-80(78)95-67-71-73(102-82(86)94-60-16-6)75(90-63-53-49-45-42-34-31-28-24-20-12-2)77(79(84)99-71)92-65-58-69(98-81(85)93-59-15-5)55-51-47-43-40-32-29-25-21-13-3/h15-18,33,35,68-71,73-80,84H,5-8,11-14,19-32,34,36-67H2,1-4,9-10H3/b35-33-/t68-,69-,70-,71-,73-,74-,75+,76+,77-,78-,79?,80-/m1/s1. The quantitative estimate of drug-likeness (QED) is 0.0196. The van der Waals surface area contributed by atoms with Crippen molar-refractivity contribution in [3.8, 4) is 0 Å². The summed E-state index contributed by atoms with van der Waals surface area (Å²) in [5.74, 6) is -0.576. The summed E-state index contributed by atoms with van der Waals surface area (Å²) in [6.07, 6.45) is 36.2. The zero-order chi connectivity index (χ0) is 75.8. The fourth-order valence-corrected chi connectivity index (χ4v) is 14.2. The summed E-state index contributed by atoms with van der Waals surface area (Å²) in [7, 11) is -1.39. The molecule has 0 aliphatic carbocycles. The molecule has 1 N–H and O–H groups in total. The van der Waals surface area contributed by atoms with E-state index < -0.39 is 100 Å². The molecule has 2 fully saturated rings. The molecule has 2 rings (SSSR count). The summed E-state index contributed by atoms with van der Waals surface area (Å²) in [5.41, 5.74) is 0. The number of ether oxygens (including phenoxy) is 13. The van der Waals surface area contributed by atoms with Crippen LogP contribution in [0.4, 0.5) is 9.59 Å². The SMILES string of the molecule is C=CCOC(=O)O[C@H](CCCCCCCCCCC)CCO[C@H]1C(O)O[C@H](CO[C@@H]2O[C@H](COC)[C@@H](OP(=O)(OCC=C)OCC=C)[C@H](OCC[C@@H](CCCCCCC)OC)[C@H]2OC(=O)CCCCCCCCC/C=C\CCCCCC)[C@@H](OC(=O)OCC=C)[C@@H]1OCCCCCCCCCCCC. The molecule has 2 heterocycles. The van der Waals surface area contributed by atoms with Gasteiger partial charge in [0.25, 0.3) is 0 Å². The molecule has 22 heteroatoms. The number of methoxy groups -OCH3 is 2. The third-order valence-electron chi connectivity index (χ3n) is 18.9. The van der Waals surface area contributed by atoms with Crippen LogP contribution in [-0.4, -0.2) is 171 Å². The Labute approximate surface area is 629 Å². The average molecular weight is 1500 g/mol. The molecule has 2 saturated heterocycles. The van der Waals surface area contributed by atoms with Gasteiger partial charge in [-0.3, -0.25) is 18.4 Å². The number of carbonyl (C=O) groups excluding carboxylic acids is 3. The predicted molar refractivity (Wildman–Crippen MR) is 411 cm³/mol. The van der Waals surface area contributed by atoms with Gasteiger partial charge in [-0.05, 0) is 64.2 Å². The highest BCUT2D eigenvalue weighted by molar-refractivity contribution is 7.48. The van der Waals surface area contributed by atoms with Crippen LogP contribution in [0.25, 0.3) is 0 Å². The Morgan fingerprint density at radius 1 is 0.433 bits per heavy atom. The van der Waals surface area contributed by atoms with Crippen LogP contribution in [0.1, 0.15) is 297 Å². The molecule has 0 amide bonds. The molecule has 0 aromatic heterocycles. The lowest BCUT2D eigenvalue weighted by Gasteiger charge is -2.47. The number of phosphoric acid groups is 1. The molecule has 0 aromatic rings. The first-order valence-electron chi connectivity index (χ1n) is 40.8. The maximum Gasteiger partial charge on any atom is 0.509 e. The van der Waals surface area contributed by atoms with Crippen molar-refractivity contribution in [2.24, 2.45) is 0 Å². The van der Waals surface area contributed by atoms with E-state index in [4.69, 9.17) is 75.2 Å². The second-order valence-electron chi connectivity index (χ2n) is 27.8. The minimum atomic E-state index is -4.52. The van der Waals surface area contributed by atoms with Crippen LogP contribution in [-0.2, 0) is 84.5 Å². The van der Waals surface area contributed by atoms with E-state index in [1.807, 2.05) is 0 Å². The second-order valence-corrected chi connectivity index (χ2v) is 29.5. The van der Waals surface area contributed by atoms with Crippen LogP contribution >= 0.6 is 7.82 Å². The van der Waals surface area contributed by atoms with Gasteiger partial charge in [0, 0.05) is 40.3 Å². The Kier molecular flexibility index (Phi) is 61.7. The van der Waals surface area contributed by atoms with E-state index >= 15 is 0 Å².